The fraction of sp³-hybridized carbons (Fsp3) is 0.429. The Morgan fingerprint density at radius 3 is 2.78 bits per heavy atom. The molecule has 0 aliphatic carbocycles. The number of amides is 1. The second-order valence-electron chi connectivity index (χ2n) is 4.39. The number of carbonyl (C=O) groups excluding carboxylic acids is 2. The van der Waals surface area contributed by atoms with Gasteiger partial charge in [0.2, 0.25) is 5.91 Å². The third-order valence-electron chi connectivity index (χ3n) is 3.11. The maximum absolute atomic E-state index is 11.8. The highest BCUT2D eigenvalue weighted by molar-refractivity contribution is 5.84. The van der Waals surface area contributed by atoms with E-state index < -0.39 is 0 Å². The van der Waals surface area contributed by atoms with E-state index in [1.807, 2.05) is 30.3 Å². The molecule has 2 rings (SSSR count). The summed E-state index contributed by atoms with van der Waals surface area (Å²) in [6.45, 7) is 2.77. The van der Waals surface area contributed by atoms with Gasteiger partial charge in [0.1, 0.15) is 6.54 Å². The van der Waals surface area contributed by atoms with Crippen molar-refractivity contribution in [1.29, 1.82) is 0 Å². The van der Waals surface area contributed by atoms with Crippen LogP contribution in [0.3, 0.4) is 0 Å². The van der Waals surface area contributed by atoms with Gasteiger partial charge in [0.05, 0.1) is 6.61 Å². The standard InChI is InChI=1S/C14H17NO3/c1-2-18-14(17)10-15-9-12(8-13(15)16)11-6-4-3-5-7-11/h3-7,12H,2,8-10H2,1H3/t12-/m1/s1. The highest BCUT2D eigenvalue weighted by atomic mass is 16.5. The van der Waals surface area contributed by atoms with Crippen LogP contribution in [0.2, 0.25) is 0 Å². The highest BCUT2D eigenvalue weighted by Gasteiger charge is 2.31. The molecule has 1 saturated heterocycles. The summed E-state index contributed by atoms with van der Waals surface area (Å²) in [5, 5.41) is 0. The lowest BCUT2D eigenvalue weighted by Crippen LogP contribution is -2.32. The summed E-state index contributed by atoms with van der Waals surface area (Å²) in [7, 11) is 0. The van der Waals surface area contributed by atoms with Gasteiger partial charge in [-0.25, -0.2) is 0 Å². The smallest absolute Gasteiger partial charge is 0.325 e. The second kappa shape index (κ2) is 5.67. The molecular formula is C14H17NO3. The molecular weight excluding hydrogens is 230 g/mol. The van der Waals surface area contributed by atoms with Crippen LogP contribution in [0.5, 0.6) is 0 Å². The summed E-state index contributed by atoms with van der Waals surface area (Å²) in [6, 6.07) is 9.93. The van der Waals surface area contributed by atoms with Gasteiger partial charge in [0.25, 0.3) is 0 Å². The number of carbonyl (C=O) groups is 2. The van der Waals surface area contributed by atoms with E-state index in [0.29, 0.717) is 19.6 Å². The number of esters is 1. The molecule has 1 aromatic carbocycles. The second-order valence-corrected chi connectivity index (χ2v) is 4.39. The molecule has 0 saturated carbocycles. The number of benzene rings is 1. The van der Waals surface area contributed by atoms with Crippen LogP contribution in [0.4, 0.5) is 0 Å². The molecule has 1 heterocycles. The summed E-state index contributed by atoms with van der Waals surface area (Å²) in [5.41, 5.74) is 1.15. The van der Waals surface area contributed by atoms with E-state index in [-0.39, 0.29) is 24.3 Å². The van der Waals surface area contributed by atoms with Gasteiger partial charge < -0.3 is 9.64 Å². The molecule has 1 aliphatic heterocycles. The fourth-order valence-electron chi connectivity index (χ4n) is 2.24. The van der Waals surface area contributed by atoms with Crippen molar-refractivity contribution in [3.05, 3.63) is 35.9 Å². The number of rotatable bonds is 4. The van der Waals surface area contributed by atoms with E-state index in [9.17, 15) is 9.59 Å². The molecule has 18 heavy (non-hydrogen) atoms. The molecule has 96 valence electrons. The van der Waals surface area contributed by atoms with Gasteiger partial charge >= 0.3 is 5.97 Å². The lowest BCUT2D eigenvalue weighted by Gasteiger charge is -2.15. The van der Waals surface area contributed by atoms with Crippen molar-refractivity contribution in [2.45, 2.75) is 19.3 Å². The summed E-state index contributed by atoms with van der Waals surface area (Å²) in [6.07, 6.45) is 0.476. The van der Waals surface area contributed by atoms with Gasteiger partial charge in [-0.05, 0) is 12.5 Å². The monoisotopic (exact) mass is 247 g/mol. The molecule has 0 spiro atoms. The zero-order valence-corrected chi connectivity index (χ0v) is 10.5. The minimum atomic E-state index is -0.334. The molecule has 1 atom stereocenters. The van der Waals surface area contributed by atoms with Crippen LogP contribution < -0.4 is 0 Å². The Morgan fingerprint density at radius 2 is 2.11 bits per heavy atom. The van der Waals surface area contributed by atoms with E-state index in [1.54, 1.807) is 11.8 Å². The van der Waals surface area contributed by atoms with Crippen molar-refractivity contribution >= 4 is 11.9 Å². The molecule has 0 N–H and O–H groups in total. The topological polar surface area (TPSA) is 46.6 Å². The highest BCUT2D eigenvalue weighted by Crippen LogP contribution is 2.27. The van der Waals surface area contributed by atoms with Crippen molar-refractivity contribution in [3.8, 4) is 0 Å². The Morgan fingerprint density at radius 1 is 1.39 bits per heavy atom. The molecule has 1 fully saturated rings. The van der Waals surface area contributed by atoms with Gasteiger partial charge in [-0.2, -0.15) is 0 Å². The predicted molar refractivity (Wildman–Crippen MR) is 67.0 cm³/mol. The Kier molecular flexibility index (Phi) is 3.97. The molecule has 0 aromatic heterocycles. The summed E-state index contributed by atoms with van der Waals surface area (Å²) >= 11 is 0. The summed E-state index contributed by atoms with van der Waals surface area (Å²) in [4.78, 5) is 24.8. The average Bonchev–Trinajstić information content (AvgIpc) is 2.72. The predicted octanol–water partition coefficient (Wildman–Crippen LogP) is 1.57. The van der Waals surface area contributed by atoms with Crippen LogP contribution in [0, 0.1) is 0 Å². The number of likely N-dealkylation sites (tertiary alicyclic amines) is 1. The van der Waals surface area contributed by atoms with Gasteiger partial charge in [-0.3, -0.25) is 9.59 Å². The number of hydrogen-bond acceptors (Lipinski definition) is 3. The van der Waals surface area contributed by atoms with Gasteiger partial charge in [0.15, 0.2) is 0 Å². The molecule has 1 aromatic rings. The van der Waals surface area contributed by atoms with Crippen molar-refractivity contribution in [2.24, 2.45) is 0 Å². The van der Waals surface area contributed by atoms with Crippen molar-refractivity contribution in [2.75, 3.05) is 19.7 Å². The molecule has 1 aliphatic rings. The Balaban J connectivity index is 1.97. The molecule has 0 bridgehead atoms. The number of hydrogen-bond donors (Lipinski definition) is 0. The van der Waals surface area contributed by atoms with Crippen LogP contribution in [0.25, 0.3) is 0 Å². The van der Waals surface area contributed by atoms with Crippen molar-refractivity contribution in [3.63, 3.8) is 0 Å². The molecule has 4 nitrogen and oxygen atoms in total. The zero-order chi connectivity index (χ0) is 13.0. The minimum Gasteiger partial charge on any atom is -0.465 e. The summed E-state index contributed by atoms with van der Waals surface area (Å²) < 4.78 is 4.86. The average molecular weight is 247 g/mol. The third-order valence-corrected chi connectivity index (χ3v) is 3.11. The fourth-order valence-corrected chi connectivity index (χ4v) is 2.24. The first-order chi connectivity index (χ1) is 8.70. The first kappa shape index (κ1) is 12.6. The van der Waals surface area contributed by atoms with E-state index >= 15 is 0 Å². The van der Waals surface area contributed by atoms with Crippen LogP contribution in [-0.4, -0.2) is 36.5 Å². The lowest BCUT2D eigenvalue weighted by molar-refractivity contribution is -0.147. The third kappa shape index (κ3) is 2.88. The quantitative estimate of drug-likeness (QED) is 0.759. The van der Waals surface area contributed by atoms with Crippen LogP contribution in [0.15, 0.2) is 30.3 Å². The van der Waals surface area contributed by atoms with E-state index in [1.165, 1.54) is 0 Å². The van der Waals surface area contributed by atoms with E-state index in [2.05, 4.69) is 0 Å². The minimum absolute atomic E-state index is 0.0249. The maximum Gasteiger partial charge on any atom is 0.325 e. The van der Waals surface area contributed by atoms with Gasteiger partial charge in [0, 0.05) is 18.9 Å². The molecule has 0 unspecified atom stereocenters. The molecule has 0 radical (unpaired) electrons. The molecule has 4 heteroatoms. The van der Waals surface area contributed by atoms with Crippen LogP contribution in [0.1, 0.15) is 24.8 Å². The first-order valence-electron chi connectivity index (χ1n) is 6.19. The van der Waals surface area contributed by atoms with Crippen molar-refractivity contribution < 1.29 is 14.3 Å². The van der Waals surface area contributed by atoms with Gasteiger partial charge in [-0.1, -0.05) is 30.3 Å². The lowest BCUT2D eigenvalue weighted by atomic mass is 9.99. The largest absolute Gasteiger partial charge is 0.465 e. The van der Waals surface area contributed by atoms with Crippen LogP contribution in [-0.2, 0) is 14.3 Å². The number of ether oxygens (including phenoxy) is 1. The Bertz CT molecular complexity index is 430. The van der Waals surface area contributed by atoms with E-state index in [0.717, 1.165) is 5.56 Å². The van der Waals surface area contributed by atoms with E-state index in [4.69, 9.17) is 4.74 Å². The van der Waals surface area contributed by atoms with Gasteiger partial charge in [-0.15, -0.1) is 0 Å². The summed E-state index contributed by atoms with van der Waals surface area (Å²) in [5.74, 6) is -0.121. The SMILES string of the molecule is CCOC(=O)CN1C[C@H](c2ccccc2)CC1=O. The Hall–Kier alpha value is -1.84. The van der Waals surface area contributed by atoms with Crippen LogP contribution >= 0.6 is 0 Å². The normalized spacial score (nSPS) is 19.1. The molecule has 1 amide bonds. The number of nitrogens with zero attached hydrogens (tertiary/aromatic N) is 1. The van der Waals surface area contributed by atoms with Crippen molar-refractivity contribution in [1.82, 2.24) is 4.90 Å². The maximum atomic E-state index is 11.8. The zero-order valence-electron chi connectivity index (χ0n) is 10.5. The first-order valence-corrected chi connectivity index (χ1v) is 6.19. The Labute approximate surface area is 107 Å².